The summed E-state index contributed by atoms with van der Waals surface area (Å²) in [5, 5.41) is 6.72. The van der Waals surface area contributed by atoms with Crippen molar-refractivity contribution in [2.45, 2.75) is 58.2 Å². The van der Waals surface area contributed by atoms with Gasteiger partial charge in [-0.25, -0.2) is 9.98 Å². The summed E-state index contributed by atoms with van der Waals surface area (Å²) >= 11 is 0. The molecule has 2 aromatic rings. The summed E-state index contributed by atoms with van der Waals surface area (Å²) in [7, 11) is 1.69. The third-order valence-electron chi connectivity index (χ3n) is 5.06. The highest BCUT2D eigenvalue weighted by molar-refractivity contribution is 5.79. The number of methoxy groups -OCH3 is 1. The standard InChI is InChI=1S/C22H33N5O2/c1-3-24-22(25-12-7-14-27-15-13-23-17-27)26-16-18-8-6-11-20(28-2)21(18)29-19-9-4-5-10-19/h6,8,11,13,15,17,19H,3-5,7,9-10,12,14,16H2,1-2H3,(H2,24,25,26). The second-order valence-electron chi connectivity index (χ2n) is 7.25. The normalized spacial score (nSPS) is 14.8. The summed E-state index contributed by atoms with van der Waals surface area (Å²) in [6.45, 7) is 5.20. The average molecular weight is 400 g/mol. The fourth-order valence-corrected chi connectivity index (χ4v) is 3.55. The first kappa shape index (κ1) is 21.0. The number of rotatable bonds is 10. The molecule has 29 heavy (non-hydrogen) atoms. The lowest BCUT2D eigenvalue weighted by Crippen LogP contribution is -2.38. The van der Waals surface area contributed by atoms with Crippen LogP contribution in [-0.2, 0) is 13.1 Å². The molecule has 1 heterocycles. The number of imidazole rings is 1. The van der Waals surface area contributed by atoms with Crippen molar-refractivity contribution in [3.8, 4) is 11.5 Å². The first-order valence-corrected chi connectivity index (χ1v) is 10.6. The Morgan fingerprint density at radius 1 is 1.28 bits per heavy atom. The maximum atomic E-state index is 6.32. The highest BCUT2D eigenvalue weighted by atomic mass is 16.5. The van der Waals surface area contributed by atoms with Crippen LogP contribution >= 0.6 is 0 Å². The van der Waals surface area contributed by atoms with Crippen LogP contribution in [0.1, 0.15) is 44.6 Å². The van der Waals surface area contributed by atoms with Crippen molar-refractivity contribution < 1.29 is 9.47 Å². The van der Waals surface area contributed by atoms with Crippen molar-refractivity contribution in [2.75, 3.05) is 20.2 Å². The van der Waals surface area contributed by atoms with Gasteiger partial charge in [0.25, 0.3) is 0 Å². The molecule has 1 aliphatic carbocycles. The van der Waals surface area contributed by atoms with E-state index >= 15 is 0 Å². The molecular weight excluding hydrogens is 366 g/mol. The lowest BCUT2D eigenvalue weighted by Gasteiger charge is -2.19. The molecule has 1 aromatic carbocycles. The zero-order valence-electron chi connectivity index (χ0n) is 17.6. The van der Waals surface area contributed by atoms with Crippen LogP contribution in [0.4, 0.5) is 0 Å². The molecule has 0 spiro atoms. The average Bonchev–Trinajstić information content (AvgIpc) is 3.44. The number of para-hydroxylation sites is 1. The van der Waals surface area contributed by atoms with E-state index in [-0.39, 0.29) is 6.10 Å². The molecule has 0 saturated heterocycles. The number of nitrogens with zero attached hydrogens (tertiary/aromatic N) is 3. The first-order valence-electron chi connectivity index (χ1n) is 10.6. The van der Waals surface area contributed by atoms with Crippen molar-refractivity contribution in [3.63, 3.8) is 0 Å². The van der Waals surface area contributed by atoms with Gasteiger partial charge in [0.05, 0.1) is 26.1 Å². The van der Waals surface area contributed by atoms with Crippen LogP contribution in [0.2, 0.25) is 0 Å². The zero-order chi connectivity index (χ0) is 20.3. The van der Waals surface area contributed by atoms with Crippen molar-refractivity contribution >= 4 is 5.96 Å². The number of aliphatic imine (C=N–C) groups is 1. The Labute approximate surface area is 173 Å². The summed E-state index contributed by atoms with van der Waals surface area (Å²) in [6, 6.07) is 6.02. The molecule has 1 fully saturated rings. The van der Waals surface area contributed by atoms with E-state index in [1.807, 2.05) is 24.7 Å². The van der Waals surface area contributed by atoms with Crippen LogP contribution in [-0.4, -0.2) is 41.8 Å². The molecule has 2 N–H and O–H groups in total. The van der Waals surface area contributed by atoms with Crippen LogP contribution in [0.25, 0.3) is 0 Å². The van der Waals surface area contributed by atoms with Gasteiger partial charge in [-0.2, -0.15) is 0 Å². The Morgan fingerprint density at radius 3 is 2.86 bits per heavy atom. The SMILES string of the molecule is CCNC(=NCc1cccc(OC)c1OC1CCCC1)NCCCn1ccnc1. The topological polar surface area (TPSA) is 72.7 Å². The molecule has 1 saturated carbocycles. The molecule has 0 amide bonds. The number of hydrogen-bond donors (Lipinski definition) is 2. The van der Waals surface area contributed by atoms with Crippen LogP contribution in [0.5, 0.6) is 11.5 Å². The smallest absolute Gasteiger partial charge is 0.191 e. The predicted molar refractivity (Wildman–Crippen MR) is 116 cm³/mol. The summed E-state index contributed by atoms with van der Waals surface area (Å²) in [5.74, 6) is 2.43. The number of benzene rings is 1. The fraction of sp³-hybridized carbons (Fsp3) is 0.545. The quantitative estimate of drug-likeness (QED) is 0.364. The Morgan fingerprint density at radius 2 is 2.14 bits per heavy atom. The first-order chi connectivity index (χ1) is 14.3. The van der Waals surface area contributed by atoms with Gasteiger partial charge in [-0.15, -0.1) is 0 Å². The third-order valence-corrected chi connectivity index (χ3v) is 5.06. The van der Waals surface area contributed by atoms with E-state index in [2.05, 4.69) is 33.2 Å². The molecule has 1 aromatic heterocycles. The van der Waals surface area contributed by atoms with E-state index < -0.39 is 0 Å². The van der Waals surface area contributed by atoms with E-state index in [1.54, 1.807) is 13.3 Å². The lowest BCUT2D eigenvalue weighted by molar-refractivity contribution is 0.198. The monoisotopic (exact) mass is 399 g/mol. The van der Waals surface area contributed by atoms with Crippen LogP contribution in [0, 0.1) is 0 Å². The molecule has 0 radical (unpaired) electrons. The molecule has 1 aliphatic rings. The number of ether oxygens (including phenoxy) is 2. The Hall–Kier alpha value is -2.70. The van der Waals surface area contributed by atoms with Crippen LogP contribution in [0.15, 0.2) is 41.9 Å². The predicted octanol–water partition coefficient (Wildman–Crippen LogP) is 3.36. The third kappa shape index (κ3) is 6.41. The molecule has 3 rings (SSSR count). The van der Waals surface area contributed by atoms with Crippen molar-refractivity contribution in [1.29, 1.82) is 0 Å². The minimum atomic E-state index is 0.281. The van der Waals surface area contributed by atoms with E-state index in [0.717, 1.165) is 61.9 Å². The Bertz CT molecular complexity index is 755. The summed E-state index contributed by atoms with van der Waals surface area (Å²) in [5.41, 5.74) is 1.05. The highest BCUT2D eigenvalue weighted by Gasteiger charge is 2.20. The minimum absolute atomic E-state index is 0.281. The lowest BCUT2D eigenvalue weighted by atomic mass is 10.1. The molecule has 7 nitrogen and oxygen atoms in total. The van der Waals surface area contributed by atoms with Crippen LogP contribution in [0.3, 0.4) is 0 Å². The van der Waals surface area contributed by atoms with Gasteiger partial charge in [-0.05, 0) is 45.1 Å². The maximum absolute atomic E-state index is 6.32. The van der Waals surface area contributed by atoms with E-state index in [9.17, 15) is 0 Å². The molecule has 0 unspecified atom stereocenters. The molecule has 0 aliphatic heterocycles. The second kappa shape index (κ2) is 11.3. The Kier molecular flexibility index (Phi) is 8.22. The number of guanidine groups is 1. The highest BCUT2D eigenvalue weighted by Crippen LogP contribution is 2.35. The number of nitrogens with one attached hydrogen (secondary N) is 2. The maximum Gasteiger partial charge on any atom is 0.191 e. The molecule has 0 bridgehead atoms. The van der Waals surface area contributed by atoms with Crippen molar-refractivity contribution in [2.24, 2.45) is 4.99 Å². The second-order valence-corrected chi connectivity index (χ2v) is 7.25. The van der Waals surface area contributed by atoms with Gasteiger partial charge in [-0.1, -0.05) is 12.1 Å². The van der Waals surface area contributed by atoms with Gasteiger partial charge in [0.2, 0.25) is 0 Å². The summed E-state index contributed by atoms with van der Waals surface area (Å²) in [4.78, 5) is 8.84. The van der Waals surface area contributed by atoms with Gasteiger partial charge in [0.1, 0.15) is 0 Å². The largest absolute Gasteiger partial charge is 0.493 e. The number of aryl methyl sites for hydroxylation is 1. The summed E-state index contributed by atoms with van der Waals surface area (Å²) < 4.78 is 13.9. The van der Waals surface area contributed by atoms with Crippen LogP contribution < -0.4 is 20.1 Å². The summed E-state index contributed by atoms with van der Waals surface area (Å²) in [6.07, 6.45) is 11.6. The van der Waals surface area contributed by atoms with Crippen molar-refractivity contribution in [1.82, 2.24) is 20.2 Å². The van der Waals surface area contributed by atoms with Gasteiger partial charge in [-0.3, -0.25) is 0 Å². The van der Waals surface area contributed by atoms with Gasteiger partial charge < -0.3 is 24.7 Å². The van der Waals surface area contributed by atoms with Crippen molar-refractivity contribution in [3.05, 3.63) is 42.5 Å². The molecule has 7 heteroatoms. The number of hydrogen-bond acceptors (Lipinski definition) is 4. The van der Waals surface area contributed by atoms with E-state index in [1.165, 1.54) is 12.8 Å². The van der Waals surface area contributed by atoms with E-state index in [4.69, 9.17) is 14.5 Å². The van der Waals surface area contributed by atoms with E-state index in [0.29, 0.717) is 6.54 Å². The fourth-order valence-electron chi connectivity index (χ4n) is 3.55. The molecular formula is C22H33N5O2. The van der Waals surface area contributed by atoms with Gasteiger partial charge in [0.15, 0.2) is 17.5 Å². The van der Waals surface area contributed by atoms with Gasteiger partial charge in [0, 0.05) is 37.6 Å². The minimum Gasteiger partial charge on any atom is -0.493 e. The van der Waals surface area contributed by atoms with Gasteiger partial charge >= 0.3 is 0 Å². The molecule has 0 atom stereocenters. The number of aromatic nitrogens is 2. The zero-order valence-corrected chi connectivity index (χ0v) is 17.6. The Balaban J connectivity index is 1.61. The molecule has 158 valence electrons.